The van der Waals surface area contributed by atoms with E-state index in [1.54, 1.807) is 4.90 Å². The van der Waals surface area contributed by atoms with E-state index >= 15 is 0 Å². The number of amides is 2. The molecule has 2 saturated heterocycles. The summed E-state index contributed by atoms with van der Waals surface area (Å²) >= 11 is 0. The molecule has 2 aliphatic heterocycles. The fourth-order valence-electron chi connectivity index (χ4n) is 2.83. The van der Waals surface area contributed by atoms with E-state index in [0.29, 0.717) is 13.1 Å². The van der Waals surface area contributed by atoms with Crippen LogP contribution < -0.4 is 5.73 Å². The standard InChI is InChI=1S/C12H20N2O3/c1-12(2,3)17-11(16)14-5-7-4-8(6-14)9(7)10(13)15/h7-9H,4-6H2,1-3H3,(H2,13,15)/t7-,8+,9?. The molecule has 0 aromatic heterocycles. The SMILES string of the molecule is CC(C)(C)OC(=O)N1C[C@H]2C[C@@H](C1)C2C(N)=O. The van der Waals surface area contributed by atoms with Crippen molar-refractivity contribution in [3.63, 3.8) is 0 Å². The number of piperidine rings is 2. The molecule has 17 heavy (non-hydrogen) atoms. The lowest BCUT2D eigenvalue weighted by atomic mass is 9.61. The third-order valence-electron chi connectivity index (χ3n) is 3.51. The van der Waals surface area contributed by atoms with Crippen LogP contribution in [0.2, 0.25) is 0 Å². The summed E-state index contributed by atoms with van der Waals surface area (Å²) in [6.45, 7) is 6.74. The van der Waals surface area contributed by atoms with Gasteiger partial charge in [-0.05, 0) is 39.0 Å². The van der Waals surface area contributed by atoms with Crippen LogP contribution in [-0.4, -0.2) is 35.6 Å². The van der Waals surface area contributed by atoms with Crippen LogP contribution in [0.1, 0.15) is 27.2 Å². The summed E-state index contributed by atoms with van der Waals surface area (Å²) in [7, 11) is 0. The minimum atomic E-state index is -0.470. The number of nitrogens with zero attached hydrogens (tertiary/aromatic N) is 1. The van der Waals surface area contributed by atoms with E-state index in [-0.39, 0.29) is 29.8 Å². The molecule has 1 saturated carbocycles. The Bertz CT molecular complexity index is 336. The van der Waals surface area contributed by atoms with Crippen LogP contribution in [0.3, 0.4) is 0 Å². The van der Waals surface area contributed by atoms with E-state index in [2.05, 4.69) is 0 Å². The van der Waals surface area contributed by atoms with Crippen molar-refractivity contribution in [2.75, 3.05) is 13.1 Å². The summed E-state index contributed by atoms with van der Waals surface area (Å²) in [6, 6.07) is 0. The van der Waals surface area contributed by atoms with E-state index in [1.165, 1.54) is 0 Å². The number of primary amides is 1. The van der Waals surface area contributed by atoms with Crippen molar-refractivity contribution >= 4 is 12.0 Å². The summed E-state index contributed by atoms with van der Waals surface area (Å²) in [6.07, 6.45) is 0.725. The lowest BCUT2D eigenvalue weighted by molar-refractivity contribution is -0.137. The van der Waals surface area contributed by atoms with Gasteiger partial charge in [-0.2, -0.15) is 0 Å². The third kappa shape index (κ3) is 2.37. The van der Waals surface area contributed by atoms with Gasteiger partial charge in [0.1, 0.15) is 5.60 Å². The van der Waals surface area contributed by atoms with Gasteiger partial charge in [-0.1, -0.05) is 0 Å². The Hall–Kier alpha value is -1.26. The first kappa shape index (κ1) is 12.2. The molecule has 2 bridgehead atoms. The minimum absolute atomic E-state index is 0.0336. The van der Waals surface area contributed by atoms with E-state index < -0.39 is 5.60 Å². The maximum atomic E-state index is 11.8. The molecule has 2 amide bonds. The maximum absolute atomic E-state index is 11.8. The van der Waals surface area contributed by atoms with Crippen LogP contribution in [0.25, 0.3) is 0 Å². The van der Waals surface area contributed by atoms with Crippen LogP contribution in [-0.2, 0) is 9.53 Å². The number of rotatable bonds is 1. The number of carbonyl (C=O) groups excluding carboxylic acids is 2. The molecule has 5 nitrogen and oxygen atoms in total. The second kappa shape index (κ2) is 3.89. The van der Waals surface area contributed by atoms with Crippen LogP contribution in [0.15, 0.2) is 0 Å². The smallest absolute Gasteiger partial charge is 0.410 e. The van der Waals surface area contributed by atoms with Crippen molar-refractivity contribution in [2.24, 2.45) is 23.5 Å². The molecule has 3 atom stereocenters. The molecule has 5 heteroatoms. The highest BCUT2D eigenvalue weighted by molar-refractivity contribution is 5.79. The lowest BCUT2D eigenvalue weighted by Gasteiger charge is -2.51. The number of nitrogens with two attached hydrogens (primary N) is 1. The van der Waals surface area contributed by atoms with Crippen LogP contribution in [0.5, 0.6) is 0 Å². The normalized spacial score (nSPS) is 31.7. The average molecular weight is 240 g/mol. The van der Waals surface area contributed by atoms with Gasteiger partial charge < -0.3 is 15.4 Å². The number of ether oxygens (including phenoxy) is 1. The number of carbonyl (C=O) groups is 2. The predicted octanol–water partition coefficient (Wildman–Crippen LogP) is 0.975. The average Bonchev–Trinajstić information content (AvgIpc) is 2.13. The van der Waals surface area contributed by atoms with Gasteiger partial charge in [0, 0.05) is 19.0 Å². The zero-order valence-corrected chi connectivity index (χ0v) is 10.6. The Labute approximate surface area is 101 Å². The van der Waals surface area contributed by atoms with E-state index in [1.807, 2.05) is 20.8 Å². The molecule has 1 aliphatic carbocycles. The zero-order chi connectivity index (χ0) is 12.8. The van der Waals surface area contributed by atoms with Gasteiger partial charge in [-0.3, -0.25) is 4.79 Å². The summed E-state index contributed by atoms with van der Waals surface area (Å²) in [5.74, 6) is 0.210. The molecule has 0 aromatic rings. The molecule has 3 fully saturated rings. The second-order valence-corrected chi connectivity index (χ2v) is 6.07. The van der Waals surface area contributed by atoms with Gasteiger partial charge >= 0.3 is 6.09 Å². The van der Waals surface area contributed by atoms with Gasteiger partial charge in [0.2, 0.25) is 5.91 Å². The van der Waals surface area contributed by atoms with Crippen LogP contribution in [0.4, 0.5) is 4.79 Å². The molecule has 3 rings (SSSR count). The zero-order valence-electron chi connectivity index (χ0n) is 10.6. The highest BCUT2D eigenvalue weighted by Gasteiger charge is 2.51. The molecule has 0 radical (unpaired) electrons. The lowest BCUT2D eigenvalue weighted by Crippen LogP contribution is -2.60. The van der Waals surface area contributed by atoms with Gasteiger partial charge in [0.25, 0.3) is 0 Å². The monoisotopic (exact) mass is 240 g/mol. The largest absolute Gasteiger partial charge is 0.444 e. The minimum Gasteiger partial charge on any atom is -0.444 e. The fourth-order valence-corrected chi connectivity index (χ4v) is 2.83. The molecule has 1 unspecified atom stereocenters. The Morgan fingerprint density at radius 1 is 1.24 bits per heavy atom. The van der Waals surface area contributed by atoms with Gasteiger partial charge in [0.15, 0.2) is 0 Å². The third-order valence-corrected chi connectivity index (χ3v) is 3.51. The first-order valence-corrected chi connectivity index (χ1v) is 6.05. The predicted molar refractivity (Wildman–Crippen MR) is 62.1 cm³/mol. The molecule has 96 valence electrons. The highest BCUT2D eigenvalue weighted by atomic mass is 16.6. The number of hydrogen-bond acceptors (Lipinski definition) is 3. The molecule has 0 spiro atoms. The van der Waals surface area contributed by atoms with Gasteiger partial charge in [-0.25, -0.2) is 4.79 Å². The van der Waals surface area contributed by atoms with Crippen LogP contribution in [0, 0.1) is 17.8 Å². The molecule has 2 N–H and O–H groups in total. The quantitative estimate of drug-likeness (QED) is 0.742. The Morgan fingerprint density at radius 2 is 1.76 bits per heavy atom. The van der Waals surface area contributed by atoms with Gasteiger partial charge in [-0.15, -0.1) is 0 Å². The first-order valence-electron chi connectivity index (χ1n) is 6.05. The van der Waals surface area contributed by atoms with Crippen molar-refractivity contribution in [3.05, 3.63) is 0 Å². The molecular weight excluding hydrogens is 220 g/mol. The van der Waals surface area contributed by atoms with Crippen molar-refractivity contribution in [2.45, 2.75) is 32.8 Å². The Morgan fingerprint density at radius 3 is 2.18 bits per heavy atom. The number of hydrogen-bond donors (Lipinski definition) is 1. The molecule has 2 heterocycles. The molecule has 3 aliphatic rings. The fraction of sp³-hybridized carbons (Fsp3) is 0.833. The van der Waals surface area contributed by atoms with Crippen molar-refractivity contribution in [1.29, 1.82) is 0 Å². The molecule has 0 aromatic carbocycles. The number of fused-ring (bicyclic) bond motifs is 2. The summed E-state index contributed by atoms with van der Waals surface area (Å²) in [5, 5.41) is 0. The highest BCUT2D eigenvalue weighted by Crippen LogP contribution is 2.45. The second-order valence-electron chi connectivity index (χ2n) is 6.07. The van der Waals surface area contributed by atoms with Crippen molar-refractivity contribution in [1.82, 2.24) is 4.90 Å². The topological polar surface area (TPSA) is 72.6 Å². The Kier molecular flexibility index (Phi) is 2.79. The van der Waals surface area contributed by atoms with Crippen molar-refractivity contribution < 1.29 is 14.3 Å². The summed E-state index contributed by atoms with van der Waals surface area (Å²) in [5.41, 5.74) is 4.87. The summed E-state index contributed by atoms with van der Waals surface area (Å²) < 4.78 is 5.31. The maximum Gasteiger partial charge on any atom is 0.410 e. The van der Waals surface area contributed by atoms with E-state index in [9.17, 15) is 9.59 Å². The van der Waals surface area contributed by atoms with Gasteiger partial charge in [0.05, 0.1) is 0 Å². The van der Waals surface area contributed by atoms with E-state index in [4.69, 9.17) is 10.5 Å². The molecular formula is C12H20N2O3. The van der Waals surface area contributed by atoms with E-state index in [0.717, 1.165) is 6.42 Å². The first-order chi connectivity index (χ1) is 7.78. The summed E-state index contributed by atoms with van der Waals surface area (Å²) in [4.78, 5) is 24.7. The van der Waals surface area contributed by atoms with Crippen molar-refractivity contribution in [3.8, 4) is 0 Å². The van der Waals surface area contributed by atoms with Crippen LogP contribution >= 0.6 is 0 Å². The Balaban J connectivity index is 1.92.